The van der Waals surface area contributed by atoms with Crippen LogP contribution in [0.5, 0.6) is 0 Å². The predicted octanol–water partition coefficient (Wildman–Crippen LogP) is 7.53. The van der Waals surface area contributed by atoms with Gasteiger partial charge < -0.3 is 24.5 Å². The lowest BCUT2D eigenvalue weighted by Crippen LogP contribution is -2.45. The molecule has 1 unspecified atom stereocenters. The van der Waals surface area contributed by atoms with Gasteiger partial charge in [0.15, 0.2) is 0 Å². The van der Waals surface area contributed by atoms with Crippen LogP contribution in [0.3, 0.4) is 0 Å². The van der Waals surface area contributed by atoms with Crippen molar-refractivity contribution in [1.29, 1.82) is 5.26 Å². The summed E-state index contributed by atoms with van der Waals surface area (Å²) in [5.74, 6) is 0.0207. The molecule has 3 N–H and O–H groups in total. The van der Waals surface area contributed by atoms with E-state index >= 15 is 0 Å². The largest absolute Gasteiger partial charge is 0.445 e. The lowest BCUT2D eigenvalue weighted by atomic mass is 9.84. The number of ether oxygens (including phenoxy) is 1. The molecule has 0 spiro atoms. The number of aryl methyl sites for hydroxylation is 2. The summed E-state index contributed by atoms with van der Waals surface area (Å²) >= 11 is 0. The van der Waals surface area contributed by atoms with Crippen molar-refractivity contribution < 1.29 is 41.1 Å². The third kappa shape index (κ3) is 12.9. The highest BCUT2D eigenvalue weighted by Gasteiger charge is 2.37. The van der Waals surface area contributed by atoms with Gasteiger partial charge in [0.05, 0.1) is 40.1 Å². The molecule has 0 saturated carbocycles. The van der Waals surface area contributed by atoms with E-state index in [1.54, 1.807) is 60.0 Å². The third-order valence-corrected chi connectivity index (χ3v) is 15.4. The smallest absolute Gasteiger partial charge is 0.410 e. The van der Waals surface area contributed by atoms with Crippen molar-refractivity contribution in [2.75, 3.05) is 55.0 Å². The molecule has 69 heavy (non-hydrogen) atoms. The van der Waals surface area contributed by atoms with E-state index in [2.05, 4.69) is 15.5 Å². The van der Waals surface area contributed by atoms with Gasteiger partial charge in [-0.2, -0.15) is 5.26 Å². The Balaban J connectivity index is 0.000000224. The van der Waals surface area contributed by atoms with Crippen molar-refractivity contribution in [3.8, 4) is 6.07 Å². The Kier molecular flexibility index (Phi) is 15.8. The van der Waals surface area contributed by atoms with Crippen LogP contribution in [-0.4, -0.2) is 105 Å². The standard InChI is InChI=1S/C32H34N4O5S.C20H24N2O4S/c1-23-7-10-28(31(37)35-16-13-27(14-17-35)26-11-8-24(20-33)9-12-26)19-30(23)34-42(39,40)29-15-18-36(21-29)32(38)41-22-25-5-3-2-4-6-25;1-15-8-9-16(14-18(15)21-27(2,25)26)19(23)22-12-10-20(24,11-13-22)17-6-4-3-5-7-17/h2-12,19,27,29,34H,13-18,21-22H2,1H3;3-9,14,21,24H,10-13H2,1-2H3. The van der Waals surface area contributed by atoms with Gasteiger partial charge in [0.25, 0.3) is 11.8 Å². The van der Waals surface area contributed by atoms with Crippen LogP contribution in [-0.2, 0) is 37.0 Å². The van der Waals surface area contributed by atoms with Crippen molar-refractivity contribution in [2.24, 2.45) is 0 Å². The fraction of sp³-hybridized carbons (Fsp3) is 0.346. The second-order valence-electron chi connectivity index (χ2n) is 18.0. The molecule has 3 amide bonds. The summed E-state index contributed by atoms with van der Waals surface area (Å²) in [6, 6.07) is 38.6. The number of sulfonamides is 2. The zero-order valence-electron chi connectivity index (χ0n) is 39.0. The van der Waals surface area contributed by atoms with Gasteiger partial charge in [0, 0.05) is 50.4 Å². The normalized spacial score (nSPS) is 17.2. The van der Waals surface area contributed by atoms with Gasteiger partial charge >= 0.3 is 6.09 Å². The molecule has 3 aliphatic heterocycles. The Labute approximate surface area is 404 Å². The average molecular weight is 975 g/mol. The van der Waals surface area contributed by atoms with Crippen molar-refractivity contribution in [2.45, 2.75) is 69.3 Å². The molecule has 0 bridgehead atoms. The highest BCUT2D eigenvalue weighted by atomic mass is 32.2. The number of rotatable bonds is 11. The molecule has 0 aromatic heterocycles. The van der Waals surface area contributed by atoms with Crippen LogP contribution in [0.25, 0.3) is 0 Å². The Hall–Kier alpha value is -6.74. The number of piperidine rings is 2. The second-order valence-corrected chi connectivity index (χ2v) is 21.7. The van der Waals surface area contributed by atoms with E-state index < -0.39 is 37.0 Å². The highest BCUT2D eigenvalue weighted by Crippen LogP contribution is 2.34. The van der Waals surface area contributed by atoms with E-state index in [0.717, 1.165) is 35.8 Å². The monoisotopic (exact) mass is 974 g/mol. The Morgan fingerprint density at radius 1 is 0.696 bits per heavy atom. The Morgan fingerprint density at radius 3 is 1.77 bits per heavy atom. The number of anilines is 2. The van der Waals surface area contributed by atoms with E-state index in [1.165, 1.54) is 10.5 Å². The van der Waals surface area contributed by atoms with E-state index in [0.29, 0.717) is 85.0 Å². The molecule has 3 aliphatic rings. The summed E-state index contributed by atoms with van der Waals surface area (Å²) in [5, 5.41) is 19.1. The van der Waals surface area contributed by atoms with Gasteiger partial charge in [-0.25, -0.2) is 21.6 Å². The molecular formula is C52H58N6O9S2. The molecule has 15 nitrogen and oxygen atoms in total. The number of aliphatic hydroxyl groups is 1. The van der Waals surface area contributed by atoms with Gasteiger partial charge in [-0.1, -0.05) is 84.9 Å². The van der Waals surface area contributed by atoms with Crippen molar-refractivity contribution in [3.63, 3.8) is 0 Å². The average Bonchev–Trinajstić information content (AvgIpc) is 3.87. The lowest BCUT2D eigenvalue weighted by Gasteiger charge is -2.38. The molecule has 0 aliphatic carbocycles. The summed E-state index contributed by atoms with van der Waals surface area (Å²) in [6.45, 7) is 6.08. The van der Waals surface area contributed by atoms with Gasteiger partial charge in [-0.3, -0.25) is 19.0 Å². The fourth-order valence-electron chi connectivity index (χ4n) is 8.85. The summed E-state index contributed by atoms with van der Waals surface area (Å²) in [4.78, 5) is 43.7. The number of carbonyl (C=O) groups excluding carboxylic acids is 3. The maximum atomic E-state index is 13.3. The van der Waals surface area contributed by atoms with Crippen LogP contribution < -0.4 is 9.44 Å². The molecule has 5 aromatic carbocycles. The predicted molar refractivity (Wildman–Crippen MR) is 264 cm³/mol. The minimum atomic E-state index is -3.82. The summed E-state index contributed by atoms with van der Waals surface area (Å²) in [6.07, 6.45) is 3.39. The SMILES string of the molecule is Cc1ccc(C(=O)N2CCC(O)(c3ccccc3)CC2)cc1NS(C)(=O)=O.Cc1ccc(C(=O)N2CCC(c3ccc(C#N)cc3)CC2)cc1NS(=O)(=O)C1CCN(C(=O)OCc2ccccc2)C1. The van der Waals surface area contributed by atoms with Gasteiger partial charge in [0.2, 0.25) is 20.0 Å². The van der Waals surface area contributed by atoms with E-state index in [9.17, 15) is 36.3 Å². The molecule has 3 saturated heterocycles. The fourth-order valence-corrected chi connectivity index (χ4v) is 11.0. The first-order chi connectivity index (χ1) is 32.9. The molecule has 5 aromatic rings. The van der Waals surface area contributed by atoms with Crippen LogP contribution in [0.15, 0.2) is 121 Å². The molecule has 3 heterocycles. The summed E-state index contributed by atoms with van der Waals surface area (Å²) < 4.78 is 60.1. The number of nitrogens with zero attached hydrogens (tertiary/aromatic N) is 4. The minimum absolute atomic E-state index is 0.0365. The Morgan fingerprint density at radius 2 is 1.22 bits per heavy atom. The van der Waals surface area contributed by atoms with Crippen LogP contribution in [0, 0.1) is 25.2 Å². The highest BCUT2D eigenvalue weighted by molar-refractivity contribution is 7.93. The van der Waals surface area contributed by atoms with Crippen molar-refractivity contribution in [1.82, 2.24) is 14.7 Å². The van der Waals surface area contributed by atoms with Gasteiger partial charge in [-0.05, 0) is 116 Å². The van der Waals surface area contributed by atoms with Crippen LogP contribution in [0.2, 0.25) is 0 Å². The molecule has 3 fully saturated rings. The molecular weight excluding hydrogens is 917 g/mol. The quantitative estimate of drug-likeness (QED) is 0.119. The minimum Gasteiger partial charge on any atom is -0.445 e. The Bertz CT molecular complexity index is 2900. The summed E-state index contributed by atoms with van der Waals surface area (Å²) in [7, 11) is -7.24. The number of hydrogen-bond acceptors (Lipinski definition) is 10. The van der Waals surface area contributed by atoms with Crippen LogP contribution in [0.1, 0.15) is 92.1 Å². The van der Waals surface area contributed by atoms with E-state index in [-0.39, 0.29) is 31.5 Å². The topological polar surface area (TPSA) is 207 Å². The number of amides is 3. The van der Waals surface area contributed by atoms with Gasteiger partial charge in [0.1, 0.15) is 6.61 Å². The van der Waals surface area contributed by atoms with E-state index in [4.69, 9.17) is 10.00 Å². The number of carbonyl (C=O) groups is 3. The van der Waals surface area contributed by atoms with Crippen LogP contribution in [0.4, 0.5) is 16.2 Å². The molecule has 362 valence electrons. The first-order valence-corrected chi connectivity index (χ1v) is 26.4. The zero-order chi connectivity index (χ0) is 49.3. The molecule has 0 radical (unpaired) electrons. The summed E-state index contributed by atoms with van der Waals surface area (Å²) in [5.41, 5.74) is 5.66. The first kappa shape index (κ1) is 50.1. The van der Waals surface area contributed by atoms with Crippen molar-refractivity contribution >= 4 is 49.3 Å². The zero-order valence-corrected chi connectivity index (χ0v) is 40.6. The van der Waals surface area contributed by atoms with E-state index in [1.807, 2.05) is 84.9 Å². The molecule has 17 heteroatoms. The maximum absolute atomic E-state index is 13.3. The van der Waals surface area contributed by atoms with Crippen LogP contribution >= 0.6 is 0 Å². The van der Waals surface area contributed by atoms with Crippen molar-refractivity contribution in [3.05, 3.63) is 166 Å². The number of nitriles is 1. The molecule has 1 atom stereocenters. The number of benzene rings is 5. The second kappa shape index (κ2) is 21.7. The lowest BCUT2D eigenvalue weighted by molar-refractivity contribution is -0.0211. The van der Waals surface area contributed by atoms with Gasteiger partial charge in [-0.15, -0.1) is 0 Å². The third-order valence-electron chi connectivity index (χ3n) is 13.0. The number of hydrogen-bond donors (Lipinski definition) is 3. The maximum Gasteiger partial charge on any atom is 0.410 e. The first-order valence-electron chi connectivity index (χ1n) is 22.9. The number of nitrogens with one attached hydrogen (secondary N) is 2. The molecule has 8 rings (SSSR count). The number of likely N-dealkylation sites (tertiary alicyclic amines) is 3.